The number of amides is 1. The first kappa shape index (κ1) is 15.1. The number of benzene rings is 1. The molecule has 0 radical (unpaired) electrons. The second kappa shape index (κ2) is 5.62. The number of ether oxygens (including phenoxy) is 1. The van der Waals surface area contributed by atoms with Crippen LogP contribution in [0.3, 0.4) is 0 Å². The highest BCUT2D eigenvalue weighted by Crippen LogP contribution is 2.23. The number of para-hydroxylation sites is 1. The molecule has 0 saturated heterocycles. The van der Waals surface area contributed by atoms with E-state index in [1.165, 1.54) is 19.1 Å². The van der Waals surface area contributed by atoms with Crippen LogP contribution in [0.4, 0.5) is 5.69 Å². The van der Waals surface area contributed by atoms with E-state index in [1.54, 1.807) is 18.2 Å². The third-order valence-electron chi connectivity index (χ3n) is 2.67. The summed E-state index contributed by atoms with van der Waals surface area (Å²) in [5.74, 6) is -2.10. The molecule has 1 heterocycles. The first-order valence-electron chi connectivity index (χ1n) is 5.97. The van der Waals surface area contributed by atoms with Gasteiger partial charge in [0.1, 0.15) is 0 Å². The number of hydrogen-bond acceptors (Lipinski definition) is 6. The monoisotopic (exact) mass is 312 g/mol. The van der Waals surface area contributed by atoms with E-state index in [2.05, 4.69) is 9.84 Å². The van der Waals surface area contributed by atoms with Gasteiger partial charge in [0.2, 0.25) is 5.25 Å². The SMILES string of the molecule is CCOC(=O)C1=NN(c2ccccc2)C(=O)C1S(=O)(=O)O. The van der Waals surface area contributed by atoms with Gasteiger partial charge in [0.25, 0.3) is 16.0 Å². The van der Waals surface area contributed by atoms with Crippen molar-refractivity contribution in [3.8, 4) is 0 Å². The van der Waals surface area contributed by atoms with Gasteiger partial charge in [-0.3, -0.25) is 9.35 Å². The zero-order valence-electron chi connectivity index (χ0n) is 11.0. The fourth-order valence-corrected chi connectivity index (χ4v) is 2.59. The van der Waals surface area contributed by atoms with Gasteiger partial charge >= 0.3 is 5.97 Å². The first-order valence-corrected chi connectivity index (χ1v) is 7.47. The van der Waals surface area contributed by atoms with Crippen molar-refractivity contribution >= 4 is 33.4 Å². The molecule has 1 aliphatic rings. The van der Waals surface area contributed by atoms with Gasteiger partial charge in [-0.05, 0) is 19.1 Å². The first-order chi connectivity index (χ1) is 9.86. The number of rotatable bonds is 4. The Morgan fingerprint density at radius 2 is 2.00 bits per heavy atom. The van der Waals surface area contributed by atoms with Crippen LogP contribution in [0.25, 0.3) is 0 Å². The van der Waals surface area contributed by atoms with E-state index in [0.717, 1.165) is 5.01 Å². The second-order valence-corrected chi connectivity index (χ2v) is 5.59. The molecule has 1 unspecified atom stereocenters. The molecular formula is C12H12N2O6S. The molecule has 1 atom stereocenters. The van der Waals surface area contributed by atoms with E-state index in [1.807, 2.05) is 0 Å². The Hall–Kier alpha value is -2.26. The Kier molecular flexibility index (Phi) is 4.05. The zero-order chi connectivity index (χ0) is 15.6. The Balaban J connectivity index is 2.47. The van der Waals surface area contributed by atoms with E-state index >= 15 is 0 Å². The molecule has 0 fully saturated rings. The predicted molar refractivity (Wildman–Crippen MR) is 73.3 cm³/mol. The Morgan fingerprint density at radius 1 is 1.38 bits per heavy atom. The molecule has 0 saturated carbocycles. The van der Waals surface area contributed by atoms with E-state index in [-0.39, 0.29) is 12.3 Å². The van der Waals surface area contributed by atoms with E-state index in [4.69, 9.17) is 0 Å². The largest absolute Gasteiger partial charge is 0.461 e. The molecule has 0 bridgehead atoms. The maximum absolute atomic E-state index is 12.1. The van der Waals surface area contributed by atoms with Gasteiger partial charge in [0.05, 0.1) is 12.3 Å². The quantitative estimate of drug-likeness (QED) is 0.628. The summed E-state index contributed by atoms with van der Waals surface area (Å²) >= 11 is 0. The summed E-state index contributed by atoms with van der Waals surface area (Å²) in [6.07, 6.45) is 0. The lowest BCUT2D eigenvalue weighted by Crippen LogP contribution is -2.41. The number of carbonyl (C=O) groups is 2. The summed E-state index contributed by atoms with van der Waals surface area (Å²) in [4.78, 5) is 23.9. The topological polar surface area (TPSA) is 113 Å². The fraction of sp³-hybridized carbons (Fsp3) is 0.250. The fourth-order valence-electron chi connectivity index (χ4n) is 1.81. The third kappa shape index (κ3) is 2.93. The minimum absolute atomic E-state index is 0.0183. The lowest BCUT2D eigenvalue weighted by Gasteiger charge is -2.12. The van der Waals surface area contributed by atoms with Crippen LogP contribution in [-0.4, -0.2) is 42.4 Å². The highest BCUT2D eigenvalue weighted by Gasteiger charge is 2.48. The number of hydrogen-bond donors (Lipinski definition) is 1. The molecule has 2 rings (SSSR count). The molecule has 1 amide bonds. The second-order valence-electron chi connectivity index (χ2n) is 4.09. The van der Waals surface area contributed by atoms with Gasteiger partial charge in [-0.25, -0.2) is 4.79 Å². The van der Waals surface area contributed by atoms with E-state index in [9.17, 15) is 22.6 Å². The van der Waals surface area contributed by atoms with Crippen LogP contribution >= 0.6 is 0 Å². The lowest BCUT2D eigenvalue weighted by atomic mass is 10.2. The Bertz CT molecular complexity index is 698. The summed E-state index contributed by atoms with van der Waals surface area (Å²) < 4.78 is 36.6. The van der Waals surface area contributed by atoms with Crippen molar-refractivity contribution in [3.05, 3.63) is 30.3 Å². The van der Waals surface area contributed by atoms with Crippen LogP contribution < -0.4 is 5.01 Å². The van der Waals surface area contributed by atoms with Crippen molar-refractivity contribution in [3.63, 3.8) is 0 Å². The van der Waals surface area contributed by atoms with Gasteiger partial charge in [-0.1, -0.05) is 18.2 Å². The molecule has 8 nitrogen and oxygen atoms in total. The number of hydrazone groups is 1. The zero-order valence-corrected chi connectivity index (χ0v) is 11.8. The van der Waals surface area contributed by atoms with Crippen molar-refractivity contribution in [1.82, 2.24) is 0 Å². The van der Waals surface area contributed by atoms with E-state index in [0.29, 0.717) is 0 Å². The van der Waals surface area contributed by atoms with Gasteiger partial charge in [0.15, 0.2) is 5.71 Å². The molecule has 0 spiro atoms. The molecule has 9 heteroatoms. The average Bonchev–Trinajstić information content (AvgIpc) is 2.77. The van der Waals surface area contributed by atoms with Gasteiger partial charge in [-0.15, -0.1) is 0 Å². The molecule has 112 valence electrons. The number of anilines is 1. The number of carbonyl (C=O) groups excluding carboxylic acids is 2. The van der Waals surface area contributed by atoms with Crippen molar-refractivity contribution < 1.29 is 27.3 Å². The van der Waals surface area contributed by atoms with Crippen LogP contribution in [0, 0.1) is 0 Å². The number of esters is 1. The third-order valence-corrected chi connectivity index (χ3v) is 3.69. The summed E-state index contributed by atoms with van der Waals surface area (Å²) in [7, 11) is -4.83. The Labute approximate surface area is 120 Å². The van der Waals surface area contributed by atoms with Crippen molar-refractivity contribution in [1.29, 1.82) is 0 Å². The van der Waals surface area contributed by atoms with Gasteiger partial charge < -0.3 is 4.74 Å². The molecular weight excluding hydrogens is 300 g/mol. The van der Waals surface area contributed by atoms with Gasteiger partial charge in [-0.2, -0.15) is 18.5 Å². The highest BCUT2D eigenvalue weighted by molar-refractivity contribution is 7.88. The van der Waals surface area contributed by atoms with Crippen molar-refractivity contribution in [2.45, 2.75) is 12.2 Å². The van der Waals surface area contributed by atoms with Crippen LogP contribution in [0.1, 0.15) is 6.92 Å². The van der Waals surface area contributed by atoms with Crippen LogP contribution in [0.2, 0.25) is 0 Å². The van der Waals surface area contributed by atoms with Crippen LogP contribution in [0.5, 0.6) is 0 Å². The molecule has 1 aromatic carbocycles. The van der Waals surface area contributed by atoms with Crippen LogP contribution in [-0.2, 0) is 24.4 Å². The normalized spacial score (nSPS) is 18.6. The molecule has 21 heavy (non-hydrogen) atoms. The summed E-state index contributed by atoms with van der Waals surface area (Å²) in [5, 5.41) is 2.37. The van der Waals surface area contributed by atoms with Crippen molar-refractivity contribution in [2.24, 2.45) is 5.10 Å². The van der Waals surface area contributed by atoms with E-state index < -0.39 is 33.0 Å². The highest BCUT2D eigenvalue weighted by atomic mass is 32.2. The van der Waals surface area contributed by atoms with Crippen LogP contribution in [0.15, 0.2) is 35.4 Å². The van der Waals surface area contributed by atoms with Gasteiger partial charge in [0, 0.05) is 0 Å². The minimum Gasteiger partial charge on any atom is -0.461 e. The Morgan fingerprint density at radius 3 is 2.52 bits per heavy atom. The average molecular weight is 312 g/mol. The lowest BCUT2D eigenvalue weighted by molar-refractivity contribution is -0.135. The maximum atomic E-state index is 12.1. The molecule has 1 aromatic rings. The molecule has 0 aromatic heterocycles. The smallest absolute Gasteiger partial charge is 0.356 e. The summed E-state index contributed by atoms with van der Waals surface area (Å²) in [5.41, 5.74) is -0.386. The molecule has 1 aliphatic heterocycles. The summed E-state index contributed by atoms with van der Waals surface area (Å²) in [6, 6.07) is 7.94. The minimum atomic E-state index is -4.83. The number of nitrogens with zero attached hydrogens (tertiary/aromatic N) is 2. The summed E-state index contributed by atoms with van der Waals surface area (Å²) in [6.45, 7) is 1.50. The van der Waals surface area contributed by atoms with Crippen molar-refractivity contribution in [2.75, 3.05) is 11.6 Å². The molecule has 1 N–H and O–H groups in total. The predicted octanol–water partition coefficient (Wildman–Crippen LogP) is 0.209. The molecule has 0 aliphatic carbocycles. The standard InChI is InChI=1S/C12H12N2O6S/c1-2-20-12(16)9-10(21(17,18)19)11(15)14(13-9)8-6-4-3-5-7-8/h3-7,10H,2H2,1H3,(H,17,18,19). The maximum Gasteiger partial charge on any atom is 0.356 e.